The molecule has 0 atom stereocenters. The molecule has 1 heterocycles. The van der Waals surface area contributed by atoms with E-state index < -0.39 is 10.8 Å². The molecular weight excluding hydrogens is 403 g/mol. The van der Waals surface area contributed by atoms with Crippen LogP contribution in [0, 0.1) is 10.1 Å². The fourth-order valence-corrected chi connectivity index (χ4v) is 3.39. The third-order valence-electron chi connectivity index (χ3n) is 2.52. The number of nitro groups is 1. The Morgan fingerprint density at radius 3 is 2.67 bits per heavy atom. The Balaban J connectivity index is 2.20. The molecular formula is C12H7BrCl2N2O3S. The fourth-order valence-electron chi connectivity index (χ4n) is 1.55. The molecule has 0 saturated carbocycles. The minimum absolute atomic E-state index is 0.00729. The van der Waals surface area contributed by atoms with Gasteiger partial charge >= 0.3 is 0 Å². The molecule has 21 heavy (non-hydrogen) atoms. The number of carbonyl (C=O) groups is 1. The number of benzene rings is 1. The van der Waals surface area contributed by atoms with Crippen molar-refractivity contribution in [2.45, 2.75) is 6.54 Å². The average Bonchev–Trinajstić information content (AvgIpc) is 2.84. The summed E-state index contributed by atoms with van der Waals surface area (Å²) in [6.45, 7) is 0.297. The molecule has 110 valence electrons. The number of non-ortho nitro benzene ring substituents is 1. The molecule has 0 saturated heterocycles. The summed E-state index contributed by atoms with van der Waals surface area (Å²) in [4.78, 5) is 23.2. The molecule has 0 aliphatic carbocycles. The fraction of sp³-hybridized carbons (Fsp3) is 0.0833. The number of carbonyl (C=O) groups excluding carboxylic acids is 1. The molecule has 0 aliphatic rings. The van der Waals surface area contributed by atoms with Crippen molar-refractivity contribution in [2.75, 3.05) is 0 Å². The maximum absolute atomic E-state index is 12.1. The lowest BCUT2D eigenvalue weighted by atomic mass is 10.2. The normalized spacial score (nSPS) is 10.4. The van der Waals surface area contributed by atoms with Gasteiger partial charge in [-0.05, 0) is 28.1 Å². The first-order valence-electron chi connectivity index (χ1n) is 5.54. The van der Waals surface area contributed by atoms with Crippen molar-refractivity contribution in [3.8, 4) is 0 Å². The summed E-state index contributed by atoms with van der Waals surface area (Å²) < 4.78 is 0.947. The topological polar surface area (TPSA) is 72.2 Å². The number of nitrogens with one attached hydrogen (secondary N) is 1. The van der Waals surface area contributed by atoms with Crippen LogP contribution >= 0.6 is 50.5 Å². The number of halogens is 3. The minimum Gasteiger partial charge on any atom is -0.347 e. The summed E-state index contributed by atoms with van der Waals surface area (Å²) in [5.74, 6) is -0.518. The maximum Gasteiger partial charge on any atom is 0.271 e. The third-order valence-corrected chi connectivity index (χ3v) is 4.95. The predicted octanol–water partition coefficient (Wildman–Crippen LogP) is 4.66. The standard InChI is InChI=1S/C12H7BrCl2N2O3S/c13-10-2-1-7(21-10)5-16-12(18)8-3-6(17(19)20)4-9(14)11(8)15/h1-4H,5H2,(H,16,18). The lowest BCUT2D eigenvalue weighted by Crippen LogP contribution is -2.22. The Hall–Kier alpha value is -1.15. The second kappa shape index (κ2) is 6.74. The van der Waals surface area contributed by atoms with Crippen molar-refractivity contribution in [1.82, 2.24) is 5.32 Å². The molecule has 2 rings (SSSR count). The molecule has 5 nitrogen and oxygen atoms in total. The molecule has 1 aromatic heterocycles. The summed E-state index contributed by atoms with van der Waals surface area (Å²) in [6, 6.07) is 5.94. The zero-order valence-electron chi connectivity index (χ0n) is 10.2. The Kier molecular flexibility index (Phi) is 5.21. The summed E-state index contributed by atoms with van der Waals surface area (Å²) >= 11 is 16.5. The highest BCUT2D eigenvalue weighted by Crippen LogP contribution is 2.31. The lowest BCUT2D eigenvalue weighted by Gasteiger charge is -2.07. The number of hydrogen-bond acceptors (Lipinski definition) is 4. The Bertz CT molecular complexity index is 721. The maximum atomic E-state index is 12.1. The zero-order chi connectivity index (χ0) is 15.6. The number of thiophene rings is 1. The largest absolute Gasteiger partial charge is 0.347 e. The first-order valence-corrected chi connectivity index (χ1v) is 7.91. The molecule has 0 aliphatic heterocycles. The van der Waals surface area contributed by atoms with Crippen molar-refractivity contribution < 1.29 is 9.72 Å². The molecule has 1 N–H and O–H groups in total. The smallest absolute Gasteiger partial charge is 0.271 e. The van der Waals surface area contributed by atoms with Crippen LogP contribution in [-0.2, 0) is 6.54 Å². The number of nitrogens with zero attached hydrogens (tertiary/aromatic N) is 1. The van der Waals surface area contributed by atoms with Crippen LogP contribution in [0.3, 0.4) is 0 Å². The Morgan fingerprint density at radius 1 is 1.38 bits per heavy atom. The highest BCUT2D eigenvalue weighted by molar-refractivity contribution is 9.11. The number of rotatable bonds is 4. The lowest BCUT2D eigenvalue weighted by molar-refractivity contribution is -0.384. The van der Waals surface area contributed by atoms with E-state index in [-0.39, 0.29) is 21.3 Å². The predicted molar refractivity (Wildman–Crippen MR) is 86.3 cm³/mol. The van der Waals surface area contributed by atoms with E-state index in [1.54, 1.807) is 0 Å². The van der Waals surface area contributed by atoms with E-state index in [0.717, 1.165) is 20.8 Å². The van der Waals surface area contributed by atoms with Gasteiger partial charge in [0.1, 0.15) is 0 Å². The average molecular weight is 410 g/mol. The van der Waals surface area contributed by atoms with Gasteiger partial charge in [-0.15, -0.1) is 11.3 Å². The summed E-state index contributed by atoms with van der Waals surface area (Å²) in [6.07, 6.45) is 0. The van der Waals surface area contributed by atoms with Gasteiger partial charge in [0.25, 0.3) is 11.6 Å². The quantitative estimate of drug-likeness (QED) is 0.589. The summed E-state index contributed by atoms with van der Waals surface area (Å²) in [7, 11) is 0. The van der Waals surface area contributed by atoms with Crippen LogP contribution in [0.15, 0.2) is 28.1 Å². The van der Waals surface area contributed by atoms with E-state index in [2.05, 4.69) is 21.2 Å². The molecule has 0 fully saturated rings. The Morgan fingerprint density at radius 2 is 2.10 bits per heavy atom. The van der Waals surface area contributed by atoms with Gasteiger partial charge < -0.3 is 5.32 Å². The van der Waals surface area contributed by atoms with Gasteiger partial charge in [-0.2, -0.15) is 0 Å². The molecule has 1 aromatic carbocycles. The molecule has 9 heteroatoms. The second-order valence-corrected chi connectivity index (χ2v) is 7.27. The van der Waals surface area contributed by atoms with Crippen LogP contribution in [0.1, 0.15) is 15.2 Å². The Labute approximate surface area is 142 Å². The van der Waals surface area contributed by atoms with Crippen molar-refractivity contribution >= 4 is 62.1 Å². The van der Waals surface area contributed by atoms with Crippen molar-refractivity contribution in [1.29, 1.82) is 0 Å². The van der Waals surface area contributed by atoms with Gasteiger partial charge in [0.2, 0.25) is 0 Å². The second-order valence-electron chi connectivity index (χ2n) is 3.93. The molecule has 0 radical (unpaired) electrons. The van der Waals surface area contributed by atoms with Gasteiger partial charge in [0, 0.05) is 17.0 Å². The van der Waals surface area contributed by atoms with Gasteiger partial charge in [-0.25, -0.2) is 0 Å². The van der Waals surface area contributed by atoms with Gasteiger partial charge in [0.15, 0.2) is 0 Å². The third kappa shape index (κ3) is 3.94. The van der Waals surface area contributed by atoms with Crippen molar-refractivity contribution in [3.05, 3.63) is 58.7 Å². The number of nitro benzene ring substituents is 1. The highest BCUT2D eigenvalue weighted by Gasteiger charge is 2.19. The van der Waals surface area contributed by atoms with Crippen LogP contribution in [0.2, 0.25) is 10.0 Å². The van der Waals surface area contributed by atoms with E-state index >= 15 is 0 Å². The van der Waals surface area contributed by atoms with Gasteiger partial charge in [-0.3, -0.25) is 14.9 Å². The molecule has 1 amide bonds. The van der Waals surface area contributed by atoms with E-state index in [0.29, 0.717) is 6.54 Å². The molecule has 0 spiro atoms. The monoisotopic (exact) mass is 408 g/mol. The first-order chi connectivity index (χ1) is 9.88. The van der Waals surface area contributed by atoms with Crippen LogP contribution in [-0.4, -0.2) is 10.8 Å². The molecule has 0 bridgehead atoms. The van der Waals surface area contributed by atoms with E-state index in [1.807, 2.05) is 12.1 Å². The highest BCUT2D eigenvalue weighted by atomic mass is 79.9. The van der Waals surface area contributed by atoms with Gasteiger partial charge in [-0.1, -0.05) is 23.2 Å². The van der Waals surface area contributed by atoms with E-state index in [1.165, 1.54) is 11.3 Å². The van der Waals surface area contributed by atoms with Gasteiger partial charge in [0.05, 0.1) is 30.9 Å². The number of amides is 1. The van der Waals surface area contributed by atoms with Crippen molar-refractivity contribution in [2.24, 2.45) is 0 Å². The van der Waals surface area contributed by atoms with E-state index in [4.69, 9.17) is 23.2 Å². The SMILES string of the molecule is O=C(NCc1ccc(Br)s1)c1cc([N+](=O)[O-])cc(Cl)c1Cl. The van der Waals surface area contributed by atoms with Crippen LogP contribution in [0.4, 0.5) is 5.69 Å². The van der Waals surface area contributed by atoms with Crippen molar-refractivity contribution in [3.63, 3.8) is 0 Å². The number of hydrogen-bond donors (Lipinski definition) is 1. The van der Waals surface area contributed by atoms with Crippen LogP contribution < -0.4 is 5.32 Å². The summed E-state index contributed by atoms with van der Waals surface area (Å²) in [5.41, 5.74) is -0.306. The van der Waals surface area contributed by atoms with E-state index in [9.17, 15) is 14.9 Å². The molecule has 0 unspecified atom stereocenters. The van der Waals surface area contributed by atoms with Crippen LogP contribution in [0.25, 0.3) is 0 Å². The first kappa shape index (κ1) is 16.2. The minimum atomic E-state index is -0.630. The zero-order valence-corrected chi connectivity index (χ0v) is 14.1. The molecule has 2 aromatic rings. The van der Waals surface area contributed by atoms with Crippen LogP contribution in [0.5, 0.6) is 0 Å². The summed E-state index contributed by atoms with van der Waals surface area (Å²) in [5, 5.41) is 13.4.